The van der Waals surface area contributed by atoms with Crippen molar-refractivity contribution >= 4 is 34.8 Å². The van der Waals surface area contributed by atoms with Crippen molar-refractivity contribution < 1.29 is 9.59 Å². The number of aryl methyl sites for hydroxylation is 2. The molecule has 0 bridgehead atoms. The summed E-state index contributed by atoms with van der Waals surface area (Å²) in [5.74, 6) is -0.459. The van der Waals surface area contributed by atoms with Crippen LogP contribution in [0.2, 0.25) is 5.02 Å². The van der Waals surface area contributed by atoms with Gasteiger partial charge in [-0.3, -0.25) is 9.59 Å². The lowest BCUT2D eigenvalue weighted by atomic mass is 10.1. The van der Waals surface area contributed by atoms with Gasteiger partial charge in [0.1, 0.15) is 0 Å². The van der Waals surface area contributed by atoms with Crippen molar-refractivity contribution in [2.75, 3.05) is 10.6 Å². The molecule has 136 valence electrons. The molecular formula is C22H19ClN2O2. The normalized spacial score (nSPS) is 10.3. The van der Waals surface area contributed by atoms with Crippen molar-refractivity contribution in [1.82, 2.24) is 0 Å². The Morgan fingerprint density at radius 1 is 0.741 bits per heavy atom. The predicted molar refractivity (Wildman–Crippen MR) is 110 cm³/mol. The van der Waals surface area contributed by atoms with E-state index in [1.807, 2.05) is 32.0 Å². The van der Waals surface area contributed by atoms with Crippen LogP contribution in [0.15, 0.2) is 66.7 Å². The molecule has 0 atom stereocenters. The average Bonchev–Trinajstić information content (AvgIpc) is 2.66. The summed E-state index contributed by atoms with van der Waals surface area (Å²) >= 11 is 6.27. The van der Waals surface area contributed by atoms with Crippen LogP contribution in [0.1, 0.15) is 31.8 Å². The van der Waals surface area contributed by atoms with Crippen molar-refractivity contribution in [3.63, 3.8) is 0 Å². The van der Waals surface area contributed by atoms with Gasteiger partial charge in [0.15, 0.2) is 0 Å². The highest BCUT2D eigenvalue weighted by atomic mass is 35.5. The lowest BCUT2D eigenvalue weighted by Gasteiger charge is -2.11. The van der Waals surface area contributed by atoms with Crippen LogP contribution in [0.3, 0.4) is 0 Å². The molecule has 0 unspecified atom stereocenters. The van der Waals surface area contributed by atoms with Crippen LogP contribution in [0.4, 0.5) is 11.4 Å². The summed E-state index contributed by atoms with van der Waals surface area (Å²) in [7, 11) is 0. The van der Waals surface area contributed by atoms with Crippen molar-refractivity contribution in [3.8, 4) is 0 Å². The summed E-state index contributed by atoms with van der Waals surface area (Å²) in [6.07, 6.45) is 0. The standard InChI is InChI=1S/C22H19ClN2O2/c1-14-8-9-17(12-15(14)2)22(27)24-18-10-11-20(19(23)13-18)25-21(26)16-6-4-3-5-7-16/h3-13H,1-2H3,(H,24,27)(H,25,26). The summed E-state index contributed by atoms with van der Waals surface area (Å²) in [6.45, 7) is 3.96. The predicted octanol–water partition coefficient (Wildman–Crippen LogP) is 5.46. The van der Waals surface area contributed by atoms with Gasteiger partial charge in [-0.1, -0.05) is 35.9 Å². The van der Waals surface area contributed by atoms with Crippen LogP contribution < -0.4 is 10.6 Å². The van der Waals surface area contributed by atoms with Gasteiger partial charge < -0.3 is 10.6 Å². The van der Waals surface area contributed by atoms with E-state index >= 15 is 0 Å². The zero-order valence-electron chi connectivity index (χ0n) is 15.0. The number of carbonyl (C=O) groups excluding carboxylic acids is 2. The molecular weight excluding hydrogens is 360 g/mol. The number of hydrogen-bond donors (Lipinski definition) is 2. The second-order valence-corrected chi connectivity index (χ2v) is 6.68. The van der Waals surface area contributed by atoms with E-state index in [-0.39, 0.29) is 11.8 Å². The van der Waals surface area contributed by atoms with E-state index in [1.54, 1.807) is 48.5 Å². The van der Waals surface area contributed by atoms with Gasteiger partial charge in [-0.15, -0.1) is 0 Å². The minimum absolute atomic E-state index is 0.213. The van der Waals surface area contributed by atoms with Gasteiger partial charge in [0.25, 0.3) is 11.8 Å². The molecule has 0 aromatic heterocycles. The largest absolute Gasteiger partial charge is 0.322 e. The molecule has 0 aliphatic rings. The number of amides is 2. The molecule has 0 spiro atoms. The molecule has 4 nitrogen and oxygen atoms in total. The average molecular weight is 379 g/mol. The maximum Gasteiger partial charge on any atom is 0.255 e. The minimum atomic E-state index is -0.246. The van der Waals surface area contributed by atoms with E-state index in [9.17, 15) is 9.59 Å². The lowest BCUT2D eigenvalue weighted by Crippen LogP contribution is -2.14. The van der Waals surface area contributed by atoms with E-state index < -0.39 is 0 Å². The van der Waals surface area contributed by atoms with Crippen molar-refractivity contribution in [2.45, 2.75) is 13.8 Å². The summed E-state index contributed by atoms with van der Waals surface area (Å²) in [5, 5.41) is 5.94. The van der Waals surface area contributed by atoms with Crippen molar-refractivity contribution in [1.29, 1.82) is 0 Å². The van der Waals surface area contributed by atoms with Crippen molar-refractivity contribution in [3.05, 3.63) is 94.0 Å². The number of carbonyl (C=O) groups is 2. The van der Waals surface area contributed by atoms with Gasteiger partial charge in [-0.2, -0.15) is 0 Å². The van der Waals surface area contributed by atoms with Crippen LogP contribution in [0, 0.1) is 13.8 Å². The molecule has 0 aliphatic heterocycles. The monoisotopic (exact) mass is 378 g/mol. The molecule has 2 N–H and O–H groups in total. The third-order valence-corrected chi connectivity index (χ3v) is 4.59. The Balaban J connectivity index is 1.71. The van der Waals surface area contributed by atoms with Crippen LogP contribution in [-0.2, 0) is 0 Å². The van der Waals surface area contributed by atoms with Gasteiger partial charge in [-0.05, 0) is 67.4 Å². The zero-order chi connectivity index (χ0) is 19.4. The van der Waals surface area contributed by atoms with Gasteiger partial charge in [-0.25, -0.2) is 0 Å². The van der Waals surface area contributed by atoms with E-state index in [1.165, 1.54) is 0 Å². The first-order chi connectivity index (χ1) is 12.9. The number of anilines is 2. The van der Waals surface area contributed by atoms with E-state index in [0.29, 0.717) is 27.5 Å². The Bertz CT molecular complexity index is 1000. The highest BCUT2D eigenvalue weighted by Gasteiger charge is 2.11. The Kier molecular flexibility index (Phi) is 5.57. The number of nitrogens with one attached hydrogen (secondary N) is 2. The second-order valence-electron chi connectivity index (χ2n) is 6.27. The first-order valence-corrected chi connectivity index (χ1v) is 8.86. The smallest absolute Gasteiger partial charge is 0.255 e. The van der Waals surface area contributed by atoms with Crippen molar-refractivity contribution in [2.24, 2.45) is 0 Å². The molecule has 2 amide bonds. The fourth-order valence-corrected chi connectivity index (χ4v) is 2.79. The van der Waals surface area contributed by atoms with Gasteiger partial charge in [0.2, 0.25) is 0 Å². The Hall–Kier alpha value is -3.11. The van der Waals surface area contributed by atoms with E-state index in [4.69, 9.17) is 11.6 Å². The molecule has 0 radical (unpaired) electrons. The van der Waals surface area contributed by atoms with Crippen LogP contribution in [0.5, 0.6) is 0 Å². The number of hydrogen-bond acceptors (Lipinski definition) is 2. The fraction of sp³-hybridized carbons (Fsp3) is 0.0909. The lowest BCUT2D eigenvalue weighted by molar-refractivity contribution is 0.101. The zero-order valence-corrected chi connectivity index (χ0v) is 15.8. The molecule has 5 heteroatoms. The quantitative estimate of drug-likeness (QED) is 0.633. The Morgan fingerprint density at radius 2 is 1.44 bits per heavy atom. The molecule has 0 heterocycles. The second kappa shape index (κ2) is 8.06. The third-order valence-electron chi connectivity index (χ3n) is 4.28. The first-order valence-electron chi connectivity index (χ1n) is 8.48. The van der Waals surface area contributed by atoms with E-state index in [0.717, 1.165) is 11.1 Å². The Labute approximate surface area is 163 Å². The molecule has 27 heavy (non-hydrogen) atoms. The summed E-state index contributed by atoms with van der Waals surface area (Å²) < 4.78 is 0. The van der Waals surface area contributed by atoms with Crippen LogP contribution in [0.25, 0.3) is 0 Å². The highest BCUT2D eigenvalue weighted by Crippen LogP contribution is 2.26. The first kappa shape index (κ1) is 18.7. The number of halogens is 1. The van der Waals surface area contributed by atoms with Crippen LogP contribution >= 0.6 is 11.6 Å². The Morgan fingerprint density at radius 3 is 2.11 bits per heavy atom. The molecule has 3 aromatic carbocycles. The molecule has 0 saturated carbocycles. The van der Waals surface area contributed by atoms with Gasteiger partial charge >= 0.3 is 0 Å². The topological polar surface area (TPSA) is 58.2 Å². The van der Waals surface area contributed by atoms with E-state index in [2.05, 4.69) is 10.6 Å². The molecule has 0 saturated heterocycles. The van der Waals surface area contributed by atoms with Gasteiger partial charge in [0, 0.05) is 16.8 Å². The number of benzene rings is 3. The maximum atomic E-state index is 12.4. The fourth-order valence-electron chi connectivity index (χ4n) is 2.56. The minimum Gasteiger partial charge on any atom is -0.322 e. The molecule has 0 fully saturated rings. The summed E-state index contributed by atoms with van der Waals surface area (Å²) in [6, 6.07) is 19.4. The maximum absolute atomic E-state index is 12.4. The van der Waals surface area contributed by atoms with Crippen LogP contribution in [-0.4, -0.2) is 11.8 Å². The molecule has 3 rings (SSSR count). The SMILES string of the molecule is Cc1ccc(C(=O)Nc2ccc(NC(=O)c3ccccc3)c(Cl)c2)cc1C. The molecule has 0 aliphatic carbocycles. The summed E-state index contributed by atoms with van der Waals surface area (Å²) in [5.41, 5.74) is 4.35. The summed E-state index contributed by atoms with van der Waals surface area (Å²) in [4.78, 5) is 24.6. The third kappa shape index (κ3) is 4.54. The highest BCUT2D eigenvalue weighted by molar-refractivity contribution is 6.34. The molecule has 3 aromatic rings. The number of rotatable bonds is 4. The van der Waals surface area contributed by atoms with Gasteiger partial charge in [0.05, 0.1) is 10.7 Å².